The van der Waals surface area contributed by atoms with E-state index in [-0.39, 0.29) is 5.02 Å². The average molecular weight is 300 g/mol. The summed E-state index contributed by atoms with van der Waals surface area (Å²) in [6, 6.07) is 4.93. The Morgan fingerprint density at radius 3 is 2.95 bits per heavy atom. The zero-order chi connectivity index (χ0) is 14.8. The van der Waals surface area contributed by atoms with E-state index in [9.17, 15) is 14.3 Å². The highest BCUT2D eigenvalue weighted by Crippen LogP contribution is 2.36. The van der Waals surface area contributed by atoms with Gasteiger partial charge in [-0.1, -0.05) is 37.1 Å². The summed E-state index contributed by atoms with van der Waals surface area (Å²) in [5.41, 5.74) is -0.153. The standard InChI is InChI=1S/C15H19ClFNO2/c1-2-6-15(14(19)20)7-8-18(10-15)9-11-4-3-5-12(16)13(11)17/h3-5H,2,6-10H2,1H3,(H,19,20). The lowest BCUT2D eigenvalue weighted by Gasteiger charge is -2.24. The zero-order valence-corrected chi connectivity index (χ0v) is 12.3. The molecule has 0 aromatic heterocycles. The van der Waals surface area contributed by atoms with Crippen LogP contribution in [0.4, 0.5) is 4.39 Å². The van der Waals surface area contributed by atoms with Gasteiger partial charge in [0.25, 0.3) is 0 Å². The minimum atomic E-state index is -0.742. The van der Waals surface area contributed by atoms with Gasteiger partial charge in [0.2, 0.25) is 0 Å². The van der Waals surface area contributed by atoms with E-state index in [1.54, 1.807) is 12.1 Å². The molecule has 1 atom stereocenters. The van der Waals surface area contributed by atoms with Crippen LogP contribution < -0.4 is 0 Å². The van der Waals surface area contributed by atoms with Crippen molar-refractivity contribution in [2.75, 3.05) is 13.1 Å². The first kappa shape index (κ1) is 15.3. The molecule has 1 aliphatic heterocycles. The molecule has 0 bridgehead atoms. The topological polar surface area (TPSA) is 40.5 Å². The van der Waals surface area contributed by atoms with Crippen LogP contribution >= 0.6 is 11.6 Å². The summed E-state index contributed by atoms with van der Waals surface area (Å²) < 4.78 is 13.9. The van der Waals surface area contributed by atoms with Crippen molar-refractivity contribution in [2.24, 2.45) is 5.41 Å². The fraction of sp³-hybridized carbons (Fsp3) is 0.533. The van der Waals surface area contributed by atoms with Crippen molar-refractivity contribution in [1.82, 2.24) is 4.90 Å². The molecule has 3 nitrogen and oxygen atoms in total. The number of hydrogen-bond donors (Lipinski definition) is 1. The first-order valence-corrected chi connectivity index (χ1v) is 7.25. The minimum absolute atomic E-state index is 0.111. The van der Waals surface area contributed by atoms with Crippen LogP contribution in [-0.2, 0) is 11.3 Å². The van der Waals surface area contributed by atoms with Crippen molar-refractivity contribution in [3.63, 3.8) is 0 Å². The zero-order valence-electron chi connectivity index (χ0n) is 11.5. The van der Waals surface area contributed by atoms with E-state index in [0.29, 0.717) is 38.0 Å². The van der Waals surface area contributed by atoms with Crippen molar-refractivity contribution in [2.45, 2.75) is 32.7 Å². The van der Waals surface area contributed by atoms with Crippen LogP contribution in [0.5, 0.6) is 0 Å². The van der Waals surface area contributed by atoms with Crippen molar-refractivity contribution >= 4 is 17.6 Å². The highest BCUT2D eigenvalue weighted by Gasteiger charge is 2.43. The molecule has 1 saturated heterocycles. The van der Waals surface area contributed by atoms with Crippen LogP contribution in [0.3, 0.4) is 0 Å². The van der Waals surface area contributed by atoms with Gasteiger partial charge in [-0.05, 0) is 25.5 Å². The summed E-state index contributed by atoms with van der Waals surface area (Å²) in [4.78, 5) is 13.5. The van der Waals surface area contributed by atoms with E-state index in [2.05, 4.69) is 0 Å². The number of hydrogen-bond acceptors (Lipinski definition) is 2. The largest absolute Gasteiger partial charge is 0.481 e. The summed E-state index contributed by atoms with van der Waals surface area (Å²) in [6.07, 6.45) is 2.13. The third kappa shape index (κ3) is 2.96. The molecule has 2 rings (SSSR count). The maximum atomic E-state index is 13.9. The molecule has 1 aliphatic rings. The normalized spacial score (nSPS) is 23.1. The summed E-state index contributed by atoms with van der Waals surface area (Å²) in [7, 11) is 0. The average Bonchev–Trinajstić information content (AvgIpc) is 2.80. The number of halogens is 2. The van der Waals surface area contributed by atoms with E-state index >= 15 is 0 Å². The van der Waals surface area contributed by atoms with E-state index in [1.807, 2.05) is 11.8 Å². The summed E-state index contributed by atoms with van der Waals surface area (Å²) in [5.74, 6) is -1.15. The number of carboxylic acid groups (broad SMARTS) is 1. The molecule has 1 heterocycles. The van der Waals surface area contributed by atoms with Crippen LogP contribution in [0.2, 0.25) is 5.02 Å². The highest BCUT2D eigenvalue weighted by molar-refractivity contribution is 6.30. The Morgan fingerprint density at radius 2 is 2.30 bits per heavy atom. The van der Waals surface area contributed by atoms with Crippen molar-refractivity contribution in [1.29, 1.82) is 0 Å². The van der Waals surface area contributed by atoms with E-state index in [0.717, 1.165) is 6.42 Å². The van der Waals surface area contributed by atoms with Crippen molar-refractivity contribution < 1.29 is 14.3 Å². The lowest BCUT2D eigenvalue weighted by Crippen LogP contribution is -2.34. The molecule has 0 radical (unpaired) electrons. The van der Waals surface area contributed by atoms with Gasteiger partial charge >= 0.3 is 5.97 Å². The Hall–Kier alpha value is -1.13. The second-order valence-corrected chi connectivity index (χ2v) is 5.92. The third-order valence-electron chi connectivity index (χ3n) is 4.04. The quantitative estimate of drug-likeness (QED) is 0.904. The van der Waals surface area contributed by atoms with Gasteiger partial charge in [0.05, 0.1) is 10.4 Å². The van der Waals surface area contributed by atoms with Crippen LogP contribution in [0.1, 0.15) is 31.7 Å². The molecule has 1 aromatic carbocycles. The SMILES string of the molecule is CCCC1(C(=O)O)CCN(Cc2cccc(Cl)c2F)C1. The maximum absolute atomic E-state index is 13.9. The first-order chi connectivity index (χ1) is 9.48. The summed E-state index contributed by atoms with van der Waals surface area (Å²) in [6.45, 7) is 3.55. The lowest BCUT2D eigenvalue weighted by molar-refractivity contribution is -0.148. The Balaban J connectivity index is 2.09. The Labute approximate surface area is 123 Å². The Kier molecular flexibility index (Phi) is 4.66. The monoisotopic (exact) mass is 299 g/mol. The molecule has 1 aromatic rings. The van der Waals surface area contributed by atoms with Crippen LogP contribution in [0, 0.1) is 11.2 Å². The Morgan fingerprint density at radius 1 is 1.55 bits per heavy atom. The molecule has 5 heteroatoms. The Bertz CT molecular complexity index is 509. The van der Waals surface area contributed by atoms with Gasteiger partial charge in [-0.25, -0.2) is 4.39 Å². The van der Waals surface area contributed by atoms with E-state index in [1.165, 1.54) is 6.07 Å². The second kappa shape index (κ2) is 6.10. The second-order valence-electron chi connectivity index (χ2n) is 5.51. The van der Waals surface area contributed by atoms with Crippen molar-refractivity contribution in [3.8, 4) is 0 Å². The van der Waals surface area contributed by atoms with Gasteiger partial charge in [-0.15, -0.1) is 0 Å². The van der Waals surface area contributed by atoms with Gasteiger partial charge in [0.1, 0.15) is 5.82 Å². The maximum Gasteiger partial charge on any atom is 0.310 e. The molecule has 20 heavy (non-hydrogen) atoms. The molecular formula is C15H19ClFNO2. The van der Waals surface area contributed by atoms with Crippen molar-refractivity contribution in [3.05, 3.63) is 34.6 Å². The third-order valence-corrected chi connectivity index (χ3v) is 4.33. The predicted molar refractivity (Wildman–Crippen MR) is 76.3 cm³/mol. The summed E-state index contributed by atoms with van der Waals surface area (Å²) in [5, 5.41) is 9.57. The molecule has 1 N–H and O–H groups in total. The first-order valence-electron chi connectivity index (χ1n) is 6.87. The van der Waals surface area contributed by atoms with Crippen LogP contribution in [0.25, 0.3) is 0 Å². The number of aliphatic carboxylic acids is 1. The van der Waals surface area contributed by atoms with Gasteiger partial charge in [-0.3, -0.25) is 9.69 Å². The predicted octanol–water partition coefficient (Wildman–Crippen LogP) is 3.56. The smallest absolute Gasteiger partial charge is 0.310 e. The van der Waals surface area contributed by atoms with Crippen LogP contribution in [-0.4, -0.2) is 29.1 Å². The number of likely N-dealkylation sites (tertiary alicyclic amines) is 1. The molecule has 0 spiro atoms. The lowest BCUT2D eigenvalue weighted by atomic mass is 9.83. The number of benzene rings is 1. The summed E-state index contributed by atoms with van der Waals surface area (Å²) >= 11 is 5.77. The van der Waals surface area contributed by atoms with Gasteiger partial charge in [0.15, 0.2) is 0 Å². The van der Waals surface area contributed by atoms with E-state index in [4.69, 9.17) is 11.6 Å². The number of carboxylic acids is 1. The molecular weight excluding hydrogens is 281 g/mol. The fourth-order valence-corrected chi connectivity index (χ4v) is 3.16. The van der Waals surface area contributed by atoms with Crippen LogP contribution in [0.15, 0.2) is 18.2 Å². The van der Waals surface area contributed by atoms with Gasteiger partial charge in [-0.2, -0.15) is 0 Å². The number of carbonyl (C=O) groups is 1. The molecule has 0 aliphatic carbocycles. The number of nitrogens with zero attached hydrogens (tertiary/aromatic N) is 1. The molecule has 0 amide bonds. The van der Waals surface area contributed by atoms with Gasteiger partial charge < -0.3 is 5.11 Å². The minimum Gasteiger partial charge on any atom is -0.481 e. The van der Waals surface area contributed by atoms with E-state index < -0.39 is 17.2 Å². The molecule has 1 unspecified atom stereocenters. The number of rotatable bonds is 5. The fourth-order valence-electron chi connectivity index (χ4n) is 2.97. The molecule has 0 saturated carbocycles. The molecule has 110 valence electrons. The van der Waals surface area contributed by atoms with Gasteiger partial charge in [0, 0.05) is 18.7 Å². The highest BCUT2D eigenvalue weighted by atomic mass is 35.5. The molecule has 1 fully saturated rings.